The maximum atomic E-state index is 12.2. The minimum atomic E-state index is 0.0420. The van der Waals surface area contributed by atoms with Crippen LogP contribution in [-0.4, -0.2) is 32.5 Å². The Kier molecular flexibility index (Phi) is 7.70. The van der Waals surface area contributed by atoms with Crippen LogP contribution in [0.25, 0.3) is 11.4 Å². The monoisotopic (exact) mass is 402 g/mol. The standard InChI is InChI=1S/C22H34N4OS/c1-15(2)8-9-16(3)23-19(27)14-28-21-25-24-20(26(21)7)17-10-12-18(13-11-17)22(4,5)6/h10-13,15-16H,8-9,14H2,1-7H3,(H,23,27). The molecule has 0 bridgehead atoms. The maximum absolute atomic E-state index is 12.2. The van der Waals surface area contributed by atoms with E-state index in [1.807, 2.05) is 11.6 Å². The Balaban J connectivity index is 1.95. The molecule has 1 aromatic carbocycles. The molecule has 1 unspecified atom stereocenters. The van der Waals surface area contributed by atoms with Gasteiger partial charge in [0.05, 0.1) is 5.75 Å². The first-order valence-corrected chi connectivity index (χ1v) is 11.0. The van der Waals surface area contributed by atoms with E-state index in [0.717, 1.165) is 29.4 Å². The second kappa shape index (κ2) is 9.59. The zero-order valence-corrected chi connectivity index (χ0v) is 19.1. The van der Waals surface area contributed by atoms with Crippen molar-refractivity contribution in [2.24, 2.45) is 13.0 Å². The van der Waals surface area contributed by atoms with Crippen molar-refractivity contribution < 1.29 is 4.79 Å². The van der Waals surface area contributed by atoms with E-state index >= 15 is 0 Å². The number of benzene rings is 1. The molecule has 0 aliphatic heterocycles. The van der Waals surface area contributed by atoms with E-state index in [1.165, 1.54) is 17.3 Å². The highest BCUT2D eigenvalue weighted by molar-refractivity contribution is 7.99. The molecule has 2 aromatic rings. The highest BCUT2D eigenvalue weighted by atomic mass is 32.2. The fourth-order valence-corrected chi connectivity index (χ4v) is 3.64. The van der Waals surface area contributed by atoms with Crippen LogP contribution in [-0.2, 0) is 17.3 Å². The SMILES string of the molecule is CC(C)CCC(C)NC(=O)CSc1nnc(-c2ccc(C(C)(C)C)cc2)n1C. The summed E-state index contributed by atoms with van der Waals surface area (Å²) in [5.74, 6) is 1.86. The van der Waals surface area contributed by atoms with Gasteiger partial charge in [0, 0.05) is 18.7 Å². The number of hydrogen-bond acceptors (Lipinski definition) is 4. The molecule has 0 aliphatic carbocycles. The van der Waals surface area contributed by atoms with E-state index in [-0.39, 0.29) is 17.4 Å². The molecule has 6 heteroatoms. The second-order valence-corrected chi connectivity index (χ2v) is 9.86. The molecule has 0 radical (unpaired) electrons. The van der Waals surface area contributed by atoms with Gasteiger partial charge < -0.3 is 9.88 Å². The van der Waals surface area contributed by atoms with Crippen LogP contribution >= 0.6 is 11.8 Å². The fraction of sp³-hybridized carbons (Fsp3) is 0.591. The third-order valence-electron chi connectivity index (χ3n) is 4.76. The summed E-state index contributed by atoms with van der Waals surface area (Å²) in [5.41, 5.74) is 2.44. The molecule has 0 saturated carbocycles. The number of rotatable bonds is 8. The molecule has 1 N–H and O–H groups in total. The highest BCUT2D eigenvalue weighted by Crippen LogP contribution is 2.27. The van der Waals surface area contributed by atoms with Gasteiger partial charge in [0.2, 0.25) is 5.91 Å². The average Bonchev–Trinajstić information content (AvgIpc) is 2.98. The number of aromatic nitrogens is 3. The molecule has 5 nitrogen and oxygen atoms in total. The minimum Gasteiger partial charge on any atom is -0.353 e. The summed E-state index contributed by atoms with van der Waals surface area (Å²) in [4.78, 5) is 12.2. The van der Waals surface area contributed by atoms with Crippen molar-refractivity contribution >= 4 is 17.7 Å². The number of hydrogen-bond donors (Lipinski definition) is 1. The van der Waals surface area contributed by atoms with Crippen molar-refractivity contribution in [2.45, 2.75) is 71.0 Å². The Morgan fingerprint density at radius 3 is 2.32 bits per heavy atom. The number of carbonyl (C=O) groups excluding carboxylic acids is 1. The lowest BCUT2D eigenvalue weighted by molar-refractivity contribution is -0.119. The van der Waals surface area contributed by atoms with E-state index < -0.39 is 0 Å². The summed E-state index contributed by atoms with van der Waals surface area (Å²) in [6, 6.07) is 8.66. The molecule has 0 spiro atoms. The Morgan fingerprint density at radius 2 is 1.75 bits per heavy atom. The maximum Gasteiger partial charge on any atom is 0.230 e. The molecule has 28 heavy (non-hydrogen) atoms. The molecule has 0 saturated heterocycles. The molecule has 154 valence electrons. The van der Waals surface area contributed by atoms with Gasteiger partial charge in [-0.15, -0.1) is 10.2 Å². The summed E-state index contributed by atoms with van der Waals surface area (Å²) in [6.07, 6.45) is 2.13. The molecule has 1 heterocycles. The molecule has 0 fully saturated rings. The largest absolute Gasteiger partial charge is 0.353 e. The third-order valence-corrected chi connectivity index (χ3v) is 5.78. The summed E-state index contributed by atoms with van der Waals surface area (Å²) in [5, 5.41) is 12.4. The Labute approximate surface area is 173 Å². The van der Waals surface area contributed by atoms with E-state index in [4.69, 9.17) is 0 Å². The van der Waals surface area contributed by atoms with Crippen molar-refractivity contribution in [3.63, 3.8) is 0 Å². The number of nitrogens with zero attached hydrogens (tertiary/aromatic N) is 3. The van der Waals surface area contributed by atoms with Crippen molar-refractivity contribution in [1.82, 2.24) is 20.1 Å². The van der Waals surface area contributed by atoms with Crippen molar-refractivity contribution in [2.75, 3.05) is 5.75 Å². The van der Waals surface area contributed by atoms with Crippen LogP contribution in [0.5, 0.6) is 0 Å². The lowest BCUT2D eigenvalue weighted by atomic mass is 9.87. The van der Waals surface area contributed by atoms with Gasteiger partial charge in [-0.3, -0.25) is 4.79 Å². The normalized spacial score (nSPS) is 13.0. The third kappa shape index (κ3) is 6.36. The average molecular weight is 403 g/mol. The van der Waals surface area contributed by atoms with Crippen LogP contribution < -0.4 is 5.32 Å². The first-order valence-electron chi connectivity index (χ1n) is 10.0. The quantitative estimate of drug-likeness (QED) is 0.644. The lowest BCUT2D eigenvalue weighted by Gasteiger charge is -2.19. The van der Waals surface area contributed by atoms with E-state index in [1.54, 1.807) is 0 Å². The first kappa shape index (κ1) is 22.5. The van der Waals surface area contributed by atoms with E-state index in [9.17, 15) is 4.79 Å². The van der Waals surface area contributed by atoms with Crippen LogP contribution in [0.2, 0.25) is 0 Å². The summed E-state index contributed by atoms with van der Waals surface area (Å²) >= 11 is 1.42. The van der Waals surface area contributed by atoms with Gasteiger partial charge >= 0.3 is 0 Å². The predicted octanol–water partition coefficient (Wildman–Crippen LogP) is 4.81. The van der Waals surface area contributed by atoms with Crippen LogP contribution in [0.15, 0.2) is 29.4 Å². The summed E-state index contributed by atoms with van der Waals surface area (Å²) in [7, 11) is 1.94. The fourth-order valence-electron chi connectivity index (χ4n) is 2.91. The van der Waals surface area contributed by atoms with E-state index in [2.05, 4.69) is 81.3 Å². The van der Waals surface area contributed by atoms with Crippen molar-refractivity contribution in [3.05, 3.63) is 29.8 Å². The van der Waals surface area contributed by atoms with Gasteiger partial charge in [-0.25, -0.2) is 0 Å². The van der Waals surface area contributed by atoms with Crippen LogP contribution in [0.4, 0.5) is 0 Å². The molecular weight excluding hydrogens is 368 g/mol. The molecule has 1 amide bonds. The van der Waals surface area contributed by atoms with Crippen molar-refractivity contribution in [1.29, 1.82) is 0 Å². The second-order valence-electron chi connectivity index (χ2n) is 8.92. The summed E-state index contributed by atoms with van der Waals surface area (Å²) < 4.78 is 1.95. The molecular formula is C22H34N4OS. The van der Waals surface area contributed by atoms with Crippen LogP contribution in [0.1, 0.15) is 59.9 Å². The minimum absolute atomic E-state index is 0.0420. The van der Waals surface area contributed by atoms with Crippen LogP contribution in [0.3, 0.4) is 0 Å². The molecule has 2 rings (SSSR count). The Morgan fingerprint density at radius 1 is 1.11 bits per heavy atom. The first-order chi connectivity index (χ1) is 13.1. The predicted molar refractivity (Wildman–Crippen MR) is 118 cm³/mol. The lowest BCUT2D eigenvalue weighted by Crippen LogP contribution is -2.34. The smallest absolute Gasteiger partial charge is 0.230 e. The highest BCUT2D eigenvalue weighted by Gasteiger charge is 2.16. The zero-order chi connectivity index (χ0) is 20.9. The number of nitrogens with one attached hydrogen (secondary N) is 1. The number of carbonyl (C=O) groups is 1. The van der Waals surface area contributed by atoms with Crippen LogP contribution in [0, 0.1) is 5.92 Å². The topological polar surface area (TPSA) is 59.8 Å². The van der Waals surface area contributed by atoms with Gasteiger partial charge in [0.25, 0.3) is 0 Å². The van der Waals surface area contributed by atoms with Gasteiger partial charge in [0.1, 0.15) is 0 Å². The number of thioether (sulfide) groups is 1. The molecule has 1 aromatic heterocycles. The Bertz CT molecular complexity index is 775. The Hall–Kier alpha value is -1.82. The van der Waals surface area contributed by atoms with Crippen molar-refractivity contribution in [3.8, 4) is 11.4 Å². The molecule has 0 aliphatic rings. The number of amides is 1. The zero-order valence-electron chi connectivity index (χ0n) is 18.2. The van der Waals surface area contributed by atoms with Gasteiger partial charge in [-0.1, -0.05) is 70.6 Å². The summed E-state index contributed by atoms with van der Waals surface area (Å²) in [6.45, 7) is 13.1. The van der Waals surface area contributed by atoms with E-state index in [0.29, 0.717) is 11.7 Å². The van der Waals surface area contributed by atoms with Gasteiger partial charge in [-0.2, -0.15) is 0 Å². The molecule has 1 atom stereocenters. The van der Waals surface area contributed by atoms with Gasteiger partial charge in [-0.05, 0) is 36.7 Å². The van der Waals surface area contributed by atoms with Gasteiger partial charge in [0.15, 0.2) is 11.0 Å².